The number of carbonyl (C=O) groups excluding carboxylic acids is 3. The molecule has 20 heavy (non-hydrogen) atoms. The van der Waals surface area contributed by atoms with Crippen LogP contribution in [-0.2, 0) is 14.4 Å². The van der Waals surface area contributed by atoms with Crippen LogP contribution < -0.4 is 21.7 Å². The van der Waals surface area contributed by atoms with Crippen molar-refractivity contribution in [3.63, 3.8) is 0 Å². The first kappa shape index (κ1) is 18.4. The summed E-state index contributed by atoms with van der Waals surface area (Å²) in [6, 6.07) is -1.26. The fraction of sp³-hybridized carbons (Fsp3) is 0.769. The van der Waals surface area contributed by atoms with Crippen LogP contribution in [0.25, 0.3) is 0 Å². The summed E-state index contributed by atoms with van der Waals surface area (Å²) in [7, 11) is 0. The second kappa shape index (κ2) is 10.2. The molecule has 0 aliphatic carbocycles. The first-order chi connectivity index (χ1) is 9.42. The zero-order valence-electron chi connectivity index (χ0n) is 12.5. The van der Waals surface area contributed by atoms with Crippen molar-refractivity contribution in [3.8, 4) is 0 Å². The van der Waals surface area contributed by atoms with E-state index < -0.39 is 12.1 Å². The van der Waals surface area contributed by atoms with Gasteiger partial charge in [0.15, 0.2) is 0 Å². The summed E-state index contributed by atoms with van der Waals surface area (Å²) in [6.07, 6.45) is 2.09. The van der Waals surface area contributed by atoms with Crippen LogP contribution in [0, 0.1) is 0 Å². The number of unbranched alkanes of at least 4 members (excludes halogenated alkanes) is 1. The molecule has 2 atom stereocenters. The van der Waals surface area contributed by atoms with Crippen LogP contribution in [-0.4, -0.2) is 42.9 Å². The minimum atomic E-state index is -0.668. The summed E-state index contributed by atoms with van der Waals surface area (Å²) in [5.41, 5.74) is 5.42. The lowest BCUT2D eigenvalue weighted by atomic mass is 10.1. The normalized spacial score (nSPS) is 13.2. The van der Waals surface area contributed by atoms with Gasteiger partial charge in [0.2, 0.25) is 17.7 Å². The molecule has 0 saturated carbocycles. The molecule has 0 saturated heterocycles. The Bertz CT molecular complexity index is 334. The van der Waals surface area contributed by atoms with E-state index in [-0.39, 0.29) is 17.7 Å². The zero-order valence-corrected chi connectivity index (χ0v) is 12.5. The summed E-state index contributed by atoms with van der Waals surface area (Å²) >= 11 is 0. The largest absolute Gasteiger partial charge is 0.355 e. The van der Waals surface area contributed by atoms with E-state index in [1.807, 2.05) is 6.92 Å². The molecule has 0 radical (unpaired) electrons. The molecule has 0 spiro atoms. The van der Waals surface area contributed by atoms with E-state index in [1.165, 1.54) is 6.92 Å². The predicted molar refractivity (Wildman–Crippen MR) is 76.8 cm³/mol. The molecule has 0 rings (SSSR count). The topological polar surface area (TPSA) is 113 Å². The molecule has 0 aromatic carbocycles. The van der Waals surface area contributed by atoms with E-state index in [2.05, 4.69) is 16.0 Å². The monoisotopic (exact) mass is 286 g/mol. The molecule has 0 aromatic heterocycles. The minimum Gasteiger partial charge on any atom is -0.355 e. The van der Waals surface area contributed by atoms with E-state index in [4.69, 9.17) is 5.73 Å². The standard InChI is InChI=1S/C13H26N4O3/c1-4-15-13(20)11(7-5-6-8-14)17-12(19)9(2)16-10(3)18/h9,11H,4-8,14H2,1-3H3,(H,15,20)(H,16,18)(H,17,19)/t9-,11-/m0/s1. The quantitative estimate of drug-likeness (QED) is 0.418. The third-order valence-corrected chi connectivity index (χ3v) is 2.74. The Morgan fingerprint density at radius 2 is 1.75 bits per heavy atom. The van der Waals surface area contributed by atoms with Gasteiger partial charge in [-0.25, -0.2) is 0 Å². The van der Waals surface area contributed by atoms with Gasteiger partial charge in [-0.15, -0.1) is 0 Å². The fourth-order valence-corrected chi connectivity index (χ4v) is 1.73. The Kier molecular flexibility index (Phi) is 9.36. The zero-order chi connectivity index (χ0) is 15.5. The summed E-state index contributed by atoms with van der Waals surface area (Å²) in [6.45, 7) is 5.79. The van der Waals surface area contributed by atoms with Crippen molar-refractivity contribution in [2.45, 2.75) is 52.1 Å². The molecular formula is C13H26N4O3. The van der Waals surface area contributed by atoms with Gasteiger partial charge in [-0.1, -0.05) is 0 Å². The van der Waals surface area contributed by atoms with Crippen molar-refractivity contribution in [2.75, 3.05) is 13.1 Å². The van der Waals surface area contributed by atoms with Crippen LogP contribution in [0.4, 0.5) is 0 Å². The molecule has 116 valence electrons. The average Bonchev–Trinajstić information content (AvgIpc) is 2.37. The van der Waals surface area contributed by atoms with E-state index in [9.17, 15) is 14.4 Å². The van der Waals surface area contributed by atoms with Gasteiger partial charge in [-0.2, -0.15) is 0 Å². The summed E-state index contributed by atoms with van der Waals surface area (Å²) in [4.78, 5) is 34.7. The van der Waals surface area contributed by atoms with Crippen LogP contribution in [0.15, 0.2) is 0 Å². The number of hydrogen-bond acceptors (Lipinski definition) is 4. The van der Waals surface area contributed by atoms with Crippen LogP contribution in [0.2, 0.25) is 0 Å². The highest BCUT2D eigenvalue weighted by Crippen LogP contribution is 2.01. The van der Waals surface area contributed by atoms with Gasteiger partial charge in [0, 0.05) is 13.5 Å². The minimum absolute atomic E-state index is 0.215. The molecule has 0 bridgehead atoms. The summed E-state index contributed by atoms with van der Waals surface area (Å²) in [5.74, 6) is -0.873. The molecule has 0 aliphatic rings. The number of carbonyl (C=O) groups is 3. The highest BCUT2D eigenvalue weighted by Gasteiger charge is 2.22. The number of rotatable bonds is 9. The molecule has 0 aromatic rings. The lowest BCUT2D eigenvalue weighted by Crippen LogP contribution is -2.52. The first-order valence-corrected chi connectivity index (χ1v) is 6.97. The van der Waals surface area contributed by atoms with Crippen molar-refractivity contribution >= 4 is 17.7 Å². The number of nitrogens with two attached hydrogens (primary N) is 1. The van der Waals surface area contributed by atoms with E-state index in [0.29, 0.717) is 19.5 Å². The van der Waals surface area contributed by atoms with Crippen LogP contribution >= 0.6 is 0 Å². The molecular weight excluding hydrogens is 260 g/mol. The SMILES string of the molecule is CCNC(=O)[C@H](CCCCN)NC(=O)[C@H](C)NC(C)=O. The fourth-order valence-electron chi connectivity index (χ4n) is 1.73. The Balaban J connectivity index is 4.49. The highest BCUT2D eigenvalue weighted by molar-refractivity contribution is 5.91. The third-order valence-electron chi connectivity index (χ3n) is 2.74. The van der Waals surface area contributed by atoms with Gasteiger partial charge in [-0.05, 0) is 39.7 Å². The van der Waals surface area contributed by atoms with Gasteiger partial charge in [0.05, 0.1) is 0 Å². The highest BCUT2D eigenvalue weighted by atomic mass is 16.2. The summed E-state index contributed by atoms with van der Waals surface area (Å²) < 4.78 is 0. The van der Waals surface area contributed by atoms with Gasteiger partial charge in [-0.3, -0.25) is 14.4 Å². The van der Waals surface area contributed by atoms with E-state index in [0.717, 1.165) is 12.8 Å². The smallest absolute Gasteiger partial charge is 0.242 e. The molecule has 0 heterocycles. The van der Waals surface area contributed by atoms with Crippen molar-refractivity contribution in [1.82, 2.24) is 16.0 Å². The Hall–Kier alpha value is -1.63. The Morgan fingerprint density at radius 3 is 2.25 bits per heavy atom. The van der Waals surface area contributed by atoms with Gasteiger partial charge >= 0.3 is 0 Å². The maximum absolute atomic E-state index is 11.9. The first-order valence-electron chi connectivity index (χ1n) is 6.97. The van der Waals surface area contributed by atoms with Crippen LogP contribution in [0.1, 0.15) is 40.0 Å². The van der Waals surface area contributed by atoms with Crippen molar-refractivity contribution < 1.29 is 14.4 Å². The Labute approximate surface area is 120 Å². The molecule has 0 aliphatic heterocycles. The number of hydrogen-bond donors (Lipinski definition) is 4. The maximum atomic E-state index is 11.9. The lowest BCUT2D eigenvalue weighted by Gasteiger charge is -2.20. The number of amides is 3. The number of likely N-dealkylation sites (N-methyl/N-ethyl adjacent to an activating group) is 1. The summed E-state index contributed by atoms with van der Waals surface area (Å²) in [5, 5.41) is 7.83. The molecule has 0 fully saturated rings. The van der Waals surface area contributed by atoms with E-state index >= 15 is 0 Å². The lowest BCUT2D eigenvalue weighted by molar-refractivity contribution is -0.131. The second-order valence-corrected chi connectivity index (χ2v) is 4.66. The van der Waals surface area contributed by atoms with Crippen LogP contribution in [0.5, 0.6) is 0 Å². The van der Waals surface area contributed by atoms with Crippen LogP contribution in [0.3, 0.4) is 0 Å². The molecule has 7 nitrogen and oxygen atoms in total. The average molecular weight is 286 g/mol. The maximum Gasteiger partial charge on any atom is 0.242 e. The van der Waals surface area contributed by atoms with Crippen molar-refractivity contribution in [1.29, 1.82) is 0 Å². The van der Waals surface area contributed by atoms with Crippen molar-refractivity contribution in [3.05, 3.63) is 0 Å². The Morgan fingerprint density at radius 1 is 1.10 bits per heavy atom. The predicted octanol–water partition coefficient (Wildman–Crippen LogP) is -0.739. The molecule has 7 heteroatoms. The van der Waals surface area contributed by atoms with Gasteiger partial charge in [0.25, 0.3) is 0 Å². The molecule has 5 N–H and O–H groups in total. The van der Waals surface area contributed by atoms with Gasteiger partial charge in [0.1, 0.15) is 12.1 Å². The third kappa shape index (κ3) is 7.73. The van der Waals surface area contributed by atoms with E-state index in [1.54, 1.807) is 6.92 Å². The molecule has 3 amide bonds. The van der Waals surface area contributed by atoms with Crippen molar-refractivity contribution in [2.24, 2.45) is 5.73 Å². The van der Waals surface area contributed by atoms with Gasteiger partial charge < -0.3 is 21.7 Å². The second-order valence-electron chi connectivity index (χ2n) is 4.66. The molecule has 0 unspecified atom stereocenters. The number of nitrogens with one attached hydrogen (secondary N) is 3.